The highest BCUT2D eigenvalue weighted by atomic mass is 16.5. The third kappa shape index (κ3) is 3.08. The lowest BCUT2D eigenvalue weighted by Gasteiger charge is -2.23. The number of ether oxygens (including phenoxy) is 1. The summed E-state index contributed by atoms with van der Waals surface area (Å²) in [5.41, 5.74) is 6.76. The van der Waals surface area contributed by atoms with Gasteiger partial charge in [-0.25, -0.2) is 14.6 Å². The van der Waals surface area contributed by atoms with Crippen LogP contribution in [-0.2, 0) is 4.74 Å². The molecule has 5 heterocycles. The molecule has 1 unspecified atom stereocenters. The third-order valence-electron chi connectivity index (χ3n) is 6.13. The van der Waals surface area contributed by atoms with Crippen molar-refractivity contribution in [1.29, 1.82) is 0 Å². The predicted molar refractivity (Wildman–Crippen MR) is 123 cm³/mol. The molecular formula is C25H24N6O. The van der Waals surface area contributed by atoms with Crippen molar-refractivity contribution in [3.05, 3.63) is 66.2 Å². The van der Waals surface area contributed by atoms with Gasteiger partial charge in [0, 0.05) is 35.6 Å². The molecule has 1 aromatic carbocycles. The molecule has 4 aromatic heterocycles. The van der Waals surface area contributed by atoms with Crippen molar-refractivity contribution >= 4 is 16.7 Å². The smallest absolute Gasteiger partial charge is 0.234 e. The average Bonchev–Trinajstić information content (AvgIpc) is 3.37. The van der Waals surface area contributed by atoms with Crippen LogP contribution in [0.2, 0.25) is 0 Å². The van der Waals surface area contributed by atoms with Crippen LogP contribution in [0.15, 0.2) is 54.9 Å². The summed E-state index contributed by atoms with van der Waals surface area (Å²) in [4.78, 5) is 14.0. The number of imidazole rings is 1. The van der Waals surface area contributed by atoms with Crippen molar-refractivity contribution in [3.63, 3.8) is 0 Å². The van der Waals surface area contributed by atoms with Gasteiger partial charge in [0.15, 0.2) is 6.23 Å². The molecule has 0 aliphatic carbocycles. The fourth-order valence-electron chi connectivity index (χ4n) is 4.60. The Kier molecular flexibility index (Phi) is 4.50. The van der Waals surface area contributed by atoms with Crippen molar-refractivity contribution in [2.75, 3.05) is 6.61 Å². The van der Waals surface area contributed by atoms with Crippen LogP contribution in [0, 0.1) is 13.8 Å². The molecule has 1 saturated heterocycles. The van der Waals surface area contributed by atoms with Crippen LogP contribution in [0.3, 0.4) is 0 Å². The number of rotatable bonds is 3. The monoisotopic (exact) mass is 424 g/mol. The van der Waals surface area contributed by atoms with E-state index in [9.17, 15) is 0 Å². The van der Waals surface area contributed by atoms with Gasteiger partial charge < -0.3 is 4.74 Å². The van der Waals surface area contributed by atoms with E-state index in [4.69, 9.17) is 19.8 Å². The van der Waals surface area contributed by atoms with Gasteiger partial charge in [0.2, 0.25) is 5.78 Å². The predicted octanol–water partition coefficient (Wildman–Crippen LogP) is 5.12. The second-order valence-electron chi connectivity index (χ2n) is 8.35. The molecule has 1 fully saturated rings. The Morgan fingerprint density at radius 1 is 1.03 bits per heavy atom. The van der Waals surface area contributed by atoms with Crippen LogP contribution >= 0.6 is 0 Å². The van der Waals surface area contributed by atoms with Gasteiger partial charge in [0.1, 0.15) is 5.69 Å². The molecule has 7 nitrogen and oxygen atoms in total. The average molecular weight is 425 g/mol. The highest BCUT2D eigenvalue weighted by molar-refractivity contribution is 5.89. The lowest BCUT2D eigenvalue weighted by Crippen LogP contribution is -2.19. The van der Waals surface area contributed by atoms with Gasteiger partial charge in [0.05, 0.1) is 22.6 Å². The summed E-state index contributed by atoms with van der Waals surface area (Å²) in [6, 6.07) is 14.4. The highest BCUT2D eigenvalue weighted by Gasteiger charge is 2.22. The summed E-state index contributed by atoms with van der Waals surface area (Å²) in [5, 5.41) is 5.96. The Morgan fingerprint density at radius 2 is 1.97 bits per heavy atom. The van der Waals surface area contributed by atoms with Gasteiger partial charge in [-0.2, -0.15) is 5.10 Å². The molecule has 0 radical (unpaired) electrons. The number of fused-ring (bicyclic) bond motifs is 2. The van der Waals surface area contributed by atoms with Crippen LogP contribution in [0.4, 0.5) is 0 Å². The summed E-state index contributed by atoms with van der Waals surface area (Å²) in [6.07, 6.45) is 7.07. The third-order valence-corrected chi connectivity index (χ3v) is 6.13. The number of aromatic nitrogens is 6. The van der Waals surface area contributed by atoms with Crippen molar-refractivity contribution < 1.29 is 4.74 Å². The van der Waals surface area contributed by atoms with Crippen LogP contribution in [0.1, 0.15) is 36.9 Å². The summed E-state index contributed by atoms with van der Waals surface area (Å²) >= 11 is 0. The van der Waals surface area contributed by atoms with Crippen molar-refractivity contribution in [2.45, 2.75) is 39.3 Å². The van der Waals surface area contributed by atoms with E-state index in [1.807, 2.05) is 46.5 Å². The molecule has 7 heteroatoms. The van der Waals surface area contributed by atoms with E-state index in [1.54, 1.807) is 6.20 Å². The first-order chi connectivity index (χ1) is 15.7. The van der Waals surface area contributed by atoms with Gasteiger partial charge in [-0.1, -0.05) is 12.1 Å². The molecule has 32 heavy (non-hydrogen) atoms. The zero-order chi connectivity index (χ0) is 21.7. The molecule has 0 amide bonds. The second kappa shape index (κ2) is 7.53. The van der Waals surface area contributed by atoms with E-state index in [2.05, 4.69) is 30.1 Å². The van der Waals surface area contributed by atoms with E-state index >= 15 is 0 Å². The molecule has 1 atom stereocenters. The molecule has 5 aromatic rings. The van der Waals surface area contributed by atoms with Crippen LogP contribution in [0.25, 0.3) is 39.3 Å². The normalized spacial score (nSPS) is 16.8. The number of hydrogen-bond donors (Lipinski definition) is 0. The topological polar surface area (TPSA) is 70.1 Å². The summed E-state index contributed by atoms with van der Waals surface area (Å²) < 4.78 is 10.1. The van der Waals surface area contributed by atoms with Crippen LogP contribution in [0.5, 0.6) is 0 Å². The Morgan fingerprint density at radius 3 is 2.81 bits per heavy atom. The number of nitrogens with zero attached hydrogens (tertiary/aromatic N) is 6. The fraction of sp³-hybridized carbons (Fsp3) is 0.280. The van der Waals surface area contributed by atoms with E-state index < -0.39 is 0 Å². The van der Waals surface area contributed by atoms with E-state index in [0.29, 0.717) is 5.78 Å². The maximum Gasteiger partial charge on any atom is 0.234 e. The van der Waals surface area contributed by atoms with E-state index in [-0.39, 0.29) is 6.23 Å². The van der Waals surface area contributed by atoms with Crippen LogP contribution < -0.4 is 0 Å². The zero-order valence-electron chi connectivity index (χ0n) is 18.2. The van der Waals surface area contributed by atoms with Gasteiger partial charge >= 0.3 is 0 Å². The lowest BCUT2D eigenvalue weighted by molar-refractivity contribution is -0.0368. The van der Waals surface area contributed by atoms with Crippen LogP contribution in [-0.4, -0.2) is 35.7 Å². The molecule has 0 spiro atoms. The minimum Gasteiger partial charge on any atom is -0.356 e. The standard InChI is InChI=1S/C25H24N6O/c1-16-7-5-8-20(27-16)23-24(30-13-6-12-26-25(30)28-23)18-10-11-21-19(15-18)17(2)29-31(21)22-9-3-4-14-32-22/h5-8,10-13,15,22H,3-4,9,14H2,1-2H3. The second-order valence-corrected chi connectivity index (χ2v) is 8.35. The zero-order valence-corrected chi connectivity index (χ0v) is 18.2. The van der Waals surface area contributed by atoms with Gasteiger partial charge in [0.25, 0.3) is 0 Å². The molecular weight excluding hydrogens is 400 g/mol. The molecule has 0 N–H and O–H groups in total. The molecule has 1 aliphatic heterocycles. The Hall–Kier alpha value is -3.58. The molecule has 6 rings (SSSR count). The molecule has 1 aliphatic rings. The maximum atomic E-state index is 6.00. The minimum absolute atomic E-state index is 0.0119. The fourth-order valence-corrected chi connectivity index (χ4v) is 4.60. The SMILES string of the molecule is Cc1cccc(-c2nc3ncccn3c2-c2ccc3c(c2)c(C)nn3C2CCCCO2)n1. The molecule has 0 bridgehead atoms. The lowest BCUT2D eigenvalue weighted by atomic mass is 10.0. The van der Waals surface area contributed by atoms with E-state index in [0.717, 1.165) is 64.4 Å². The Bertz CT molecular complexity index is 1440. The first-order valence-corrected chi connectivity index (χ1v) is 11.1. The quantitative estimate of drug-likeness (QED) is 0.402. The first-order valence-electron chi connectivity index (χ1n) is 11.1. The highest BCUT2D eigenvalue weighted by Crippen LogP contribution is 2.35. The minimum atomic E-state index is 0.0119. The first kappa shape index (κ1) is 19.1. The number of hydrogen-bond acceptors (Lipinski definition) is 5. The summed E-state index contributed by atoms with van der Waals surface area (Å²) in [7, 11) is 0. The number of benzene rings is 1. The van der Waals surface area contributed by atoms with E-state index in [1.165, 1.54) is 6.42 Å². The molecule has 160 valence electrons. The number of aryl methyl sites for hydroxylation is 2. The van der Waals surface area contributed by atoms with Gasteiger partial charge in [-0.15, -0.1) is 0 Å². The Balaban J connectivity index is 1.55. The van der Waals surface area contributed by atoms with Gasteiger partial charge in [-0.05, 0) is 63.4 Å². The van der Waals surface area contributed by atoms with Crippen molar-refractivity contribution in [3.8, 4) is 22.6 Å². The Labute approximate surface area is 185 Å². The van der Waals surface area contributed by atoms with Gasteiger partial charge in [-0.3, -0.25) is 9.38 Å². The van der Waals surface area contributed by atoms with Crippen molar-refractivity contribution in [2.24, 2.45) is 0 Å². The largest absolute Gasteiger partial charge is 0.356 e. The number of pyridine rings is 1. The molecule has 0 saturated carbocycles. The summed E-state index contributed by atoms with van der Waals surface area (Å²) in [5.74, 6) is 0.656. The summed E-state index contributed by atoms with van der Waals surface area (Å²) in [6.45, 7) is 4.85. The maximum absolute atomic E-state index is 6.00. The van der Waals surface area contributed by atoms with Crippen molar-refractivity contribution in [1.82, 2.24) is 29.1 Å².